The topological polar surface area (TPSA) is 65.4 Å². The summed E-state index contributed by atoms with van der Waals surface area (Å²) in [5.74, 6) is 1.75. The summed E-state index contributed by atoms with van der Waals surface area (Å²) in [5, 5.41) is 19.4. The van der Waals surface area contributed by atoms with Gasteiger partial charge in [-0.2, -0.15) is 5.10 Å². The number of anilines is 2. The number of hydrogen-bond acceptors (Lipinski definition) is 6. The van der Waals surface area contributed by atoms with E-state index in [1.165, 1.54) is 23.3 Å². The Morgan fingerprint density at radius 1 is 0.909 bits per heavy atom. The summed E-state index contributed by atoms with van der Waals surface area (Å²) in [6.45, 7) is 7.01. The van der Waals surface area contributed by atoms with Crippen molar-refractivity contribution in [2.75, 3.05) is 36.0 Å². The van der Waals surface area contributed by atoms with E-state index in [1.54, 1.807) is 20.0 Å². The van der Waals surface area contributed by atoms with E-state index in [0.717, 1.165) is 73.9 Å². The van der Waals surface area contributed by atoms with E-state index in [9.17, 15) is 9.50 Å². The maximum atomic E-state index is 13.3. The van der Waals surface area contributed by atoms with E-state index in [0.29, 0.717) is 6.42 Å². The lowest BCUT2D eigenvalue weighted by Gasteiger charge is -2.36. The van der Waals surface area contributed by atoms with Crippen LogP contribution in [0.2, 0.25) is 0 Å². The molecule has 1 aromatic carbocycles. The number of nitrogens with zero attached hydrogens (tertiary/aromatic N) is 5. The second-order valence-electron chi connectivity index (χ2n) is 9.52. The third kappa shape index (κ3) is 4.55. The van der Waals surface area contributed by atoms with Gasteiger partial charge in [-0.1, -0.05) is 18.2 Å². The van der Waals surface area contributed by atoms with Gasteiger partial charge in [0.15, 0.2) is 5.82 Å². The van der Waals surface area contributed by atoms with Crippen LogP contribution in [0.15, 0.2) is 42.6 Å². The van der Waals surface area contributed by atoms with Crippen LogP contribution in [0.1, 0.15) is 48.2 Å². The Morgan fingerprint density at radius 3 is 2.27 bits per heavy atom. The molecule has 3 heterocycles. The maximum Gasteiger partial charge on any atom is 0.154 e. The summed E-state index contributed by atoms with van der Waals surface area (Å²) >= 11 is 0. The Kier molecular flexibility index (Phi) is 5.74. The van der Waals surface area contributed by atoms with Gasteiger partial charge in [0.25, 0.3) is 0 Å². The minimum Gasteiger partial charge on any atom is -0.386 e. The summed E-state index contributed by atoms with van der Waals surface area (Å²) in [6.07, 6.45) is 5.65. The highest BCUT2D eigenvalue weighted by atomic mass is 19.1. The zero-order chi connectivity index (χ0) is 23.0. The number of pyridine rings is 1. The molecule has 33 heavy (non-hydrogen) atoms. The van der Waals surface area contributed by atoms with E-state index in [-0.39, 0.29) is 5.82 Å². The quantitative estimate of drug-likeness (QED) is 0.644. The van der Waals surface area contributed by atoms with Crippen LogP contribution < -0.4 is 9.80 Å². The summed E-state index contributed by atoms with van der Waals surface area (Å²) in [4.78, 5) is 9.20. The van der Waals surface area contributed by atoms with Crippen LogP contribution in [0, 0.1) is 5.82 Å². The molecule has 0 bridgehead atoms. The zero-order valence-electron chi connectivity index (χ0n) is 19.3. The van der Waals surface area contributed by atoms with Gasteiger partial charge in [0, 0.05) is 49.9 Å². The highest BCUT2D eigenvalue weighted by Crippen LogP contribution is 2.33. The lowest BCUT2D eigenvalue weighted by Crippen LogP contribution is -2.47. The molecule has 2 aliphatic rings. The number of fused-ring (bicyclic) bond motifs is 1. The van der Waals surface area contributed by atoms with Crippen molar-refractivity contribution in [2.24, 2.45) is 0 Å². The van der Waals surface area contributed by atoms with Crippen molar-refractivity contribution in [2.45, 2.75) is 45.1 Å². The van der Waals surface area contributed by atoms with Crippen LogP contribution in [0.3, 0.4) is 0 Å². The van der Waals surface area contributed by atoms with E-state index in [1.807, 2.05) is 24.3 Å². The molecule has 2 aromatic heterocycles. The van der Waals surface area contributed by atoms with E-state index in [4.69, 9.17) is 0 Å². The first-order valence-corrected chi connectivity index (χ1v) is 11.7. The molecule has 0 atom stereocenters. The highest BCUT2D eigenvalue weighted by Gasteiger charge is 2.27. The molecule has 172 valence electrons. The number of aromatic nitrogens is 3. The molecule has 1 N–H and O–H groups in total. The summed E-state index contributed by atoms with van der Waals surface area (Å²) in [7, 11) is 0. The molecular formula is C26H30FN5O. The molecule has 3 aromatic rings. The van der Waals surface area contributed by atoms with E-state index < -0.39 is 5.60 Å². The second-order valence-corrected chi connectivity index (χ2v) is 9.52. The van der Waals surface area contributed by atoms with Gasteiger partial charge in [-0.05, 0) is 62.4 Å². The van der Waals surface area contributed by atoms with Crippen LogP contribution in [0.5, 0.6) is 0 Å². The number of piperazine rings is 1. The van der Waals surface area contributed by atoms with E-state index in [2.05, 4.69) is 25.0 Å². The normalized spacial score (nSPS) is 16.2. The fourth-order valence-electron chi connectivity index (χ4n) is 4.81. The Labute approximate surface area is 194 Å². The van der Waals surface area contributed by atoms with Crippen molar-refractivity contribution in [3.63, 3.8) is 0 Å². The smallest absolute Gasteiger partial charge is 0.154 e. The van der Waals surface area contributed by atoms with Crippen molar-refractivity contribution >= 4 is 11.6 Å². The van der Waals surface area contributed by atoms with Crippen molar-refractivity contribution in [3.8, 4) is 0 Å². The number of benzene rings is 1. The van der Waals surface area contributed by atoms with Gasteiger partial charge in [0.1, 0.15) is 11.6 Å². The molecule has 7 heteroatoms. The molecule has 5 rings (SSSR count). The number of hydrogen-bond donors (Lipinski definition) is 1. The lowest BCUT2D eigenvalue weighted by molar-refractivity contribution is 0.0782. The van der Waals surface area contributed by atoms with Crippen molar-refractivity contribution in [1.82, 2.24) is 15.2 Å². The maximum absolute atomic E-state index is 13.3. The van der Waals surface area contributed by atoms with Crippen molar-refractivity contribution in [1.29, 1.82) is 0 Å². The van der Waals surface area contributed by atoms with Gasteiger partial charge in [-0.15, -0.1) is 5.10 Å². The van der Waals surface area contributed by atoms with Crippen LogP contribution in [-0.2, 0) is 24.9 Å². The monoisotopic (exact) mass is 447 g/mol. The predicted octanol–water partition coefficient (Wildman–Crippen LogP) is 3.64. The minimum atomic E-state index is -0.883. The minimum absolute atomic E-state index is 0.215. The highest BCUT2D eigenvalue weighted by molar-refractivity contribution is 5.55. The lowest BCUT2D eigenvalue weighted by atomic mass is 10.0. The number of halogens is 1. The van der Waals surface area contributed by atoms with Gasteiger partial charge in [-0.3, -0.25) is 0 Å². The first kappa shape index (κ1) is 21.8. The van der Waals surface area contributed by atoms with Crippen molar-refractivity contribution in [3.05, 3.63) is 76.4 Å². The fraction of sp³-hybridized carbons (Fsp3) is 0.423. The molecule has 1 aliphatic heterocycles. The van der Waals surface area contributed by atoms with Crippen molar-refractivity contribution < 1.29 is 9.50 Å². The van der Waals surface area contributed by atoms with Gasteiger partial charge < -0.3 is 14.9 Å². The fourth-order valence-corrected chi connectivity index (χ4v) is 4.81. The molecule has 0 unspecified atom stereocenters. The molecule has 1 saturated heterocycles. The summed E-state index contributed by atoms with van der Waals surface area (Å²) < 4.78 is 13.3. The molecule has 6 nitrogen and oxygen atoms in total. The first-order chi connectivity index (χ1) is 15.9. The Bertz CT molecular complexity index is 1120. The third-order valence-corrected chi connectivity index (χ3v) is 6.74. The second kappa shape index (κ2) is 8.71. The molecule has 0 radical (unpaired) electrons. The Hall–Kier alpha value is -3.06. The third-order valence-electron chi connectivity index (χ3n) is 6.74. The predicted molar refractivity (Wildman–Crippen MR) is 127 cm³/mol. The van der Waals surface area contributed by atoms with Gasteiger partial charge in [-0.25, -0.2) is 9.37 Å². The average Bonchev–Trinajstić information content (AvgIpc) is 3.31. The van der Waals surface area contributed by atoms with E-state index >= 15 is 0 Å². The van der Waals surface area contributed by atoms with Gasteiger partial charge >= 0.3 is 0 Å². The molecule has 1 aliphatic carbocycles. The molecular weight excluding hydrogens is 417 g/mol. The largest absolute Gasteiger partial charge is 0.386 e. The van der Waals surface area contributed by atoms with Crippen LogP contribution in [-0.4, -0.2) is 46.5 Å². The van der Waals surface area contributed by atoms with Crippen LogP contribution in [0.25, 0.3) is 0 Å². The molecule has 0 spiro atoms. The SMILES string of the molecule is CC(C)(O)c1ccc(N2CCN(c3nnc(Cc4ccc(F)cc4)c4c3CCC4)CC2)nc1. The van der Waals surface area contributed by atoms with Gasteiger partial charge in [0.2, 0.25) is 0 Å². The van der Waals surface area contributed by atoms with Gasteiger partial charge in [0.05, 0.1) is 11.3 Å². The Morgan fingerprint density at radius 2 is 1.61 bits per heavy atom. The summed E-state index contributed by atoms with van der Waals surface area (Å²) in [6, 6.07) is 10.6. The molecule has 1 fully saturated rings. The first-order valence-electron chi connectivity index (χ1n) is 11.7. The average molecular weight is 448 g/mol. The standard InChI is InChI=1S/C26H30FN5O/c1-26(2,33)19-8-11-24(28-17-19)31-12-14-32(15-13-31)25-22-5-3-4-21(22)23(29-30-25)16-18-6-9-20(27)10-7-18/h6-11,17,33H,3-5,12-16H2,1-2H3. The molecule has 0 amide bonds. The van der Waals surface area contributed by atoms with Crippen LogP contribution in [0.4, 0.5) is 16.0 Å². The number of rotatable bonds is 5. The number of aliphatic hydroxyl groups is 1. The van der Waals surface area contributed by atoms with Crippen LogP contribution >= 0.6 is 0 Å². The zero-order valence-corrected chi connectivity index (χ0v) is 19.3. The molecule has 0 saturated carbocycles. The summed E-state index contributed by atoms with van der Waals surface area (Å²) in [5.41, 5.74) is 4.68. The Balaban J connectivity index is 1.29.